The first-order chi connectivity index (χ1) is 7.00. The second kappa shape index (κ2) is 4.61. The van der Waals surface area contributed by atoms with E-state index in [1.165, 1.54) is 24.3 Å². The van der Waals surface area contributed by atoms with Gasteiger partial charge in [-0.25, -0.2) is 4.79 Å². The zero-order valence-corrected chi connectivity index (χ0v) is 8.36. The Morgan fingerprint density at radius 3 is 2.33 bits per heavy atom. The number of hydrogen-bond acceptors (Lipinski definition) is 4. The van der Waals surface area contributed by atoms with E-state index in [2.05, 4.69) is 12.2 Å². The first-order valence-corrected chi connectivity index (χ1v) is 4.41. The van der Waals surface area contributed by atoms with E-state index < -0.39 is 10.9 Å². The van der Waals surface area contributed by atoms with Crippen LogP contribution < -0.4 is 0 Å². The molecule has 15 heavy (non-hydrogen) atoms. The fraction of sp³-hybridized carbons (Fsp3) is 0.111. The molecule has 0 aliphatic rings. The van der Waals surface area contributed by atoms with Gasteiger partial charge < -0.3 is 5.11 Å². The minimum absolute atomic E-state index is 0.0278. The van der Waals surface area contributed by atoms with Crippen molar-refractivity contribution in [2.45, 2.75) is 6.42 Å². The summed E-state index contributed by atoms with van der Waals surface area (Å²) < 4.78 is 0. The molecule has 6 heteroatoms. The Labute approximate surface area is 90.5 Å². The highest BCUT2D eigenvalue weighted by atomic mass is 32.1. The van der Waals surface area contributed by atoms with E-state index in [9.17, 15) is 14.9 Å². The van der Waals surface area contributed by atoms with Crippen molar-refractivity contribution >= 4 is 28.7 Å². The molecule has 0 aliphatic carbocycles. The number of nitrogens with zero attached hydrogens (tertiary/aromatic N) is 1. The molecule has 1 aromatic carbocycles. The minimum Gasteiger partial charge on any atom is -0.477 e. The second-order valence-corrected chi connectivity index (χ2v) is 3.32. The third-order valence-electron chi connectivity index (χ3n) is 1.75. The fourth-order valence-electron chi connectivity index (χ4n) is 0.997. The number of carboxylic acids is 1. The summed E-state index contributed by atoms with van der Waals surface area (Å²) in [5, 5.41) is 18.9. The minimum atomic E-state index is -1.14. The monoisotopic (exact) mass is 225 g/mol. The van der Waals surface area contributed by atoms with Gasteiger partial charge in [-0.2, -0.15) is 0 Å². The van der Waals surface area contributed by atoms with Gasteiger partial charge in [-0.1, -0.05) is 24.4 Å². The summed E-state index contributed by atoms with van der Waals surface area (Å²) in [7, 11) is 0. The van der Waals surface area contributed by atoms with Crippen LogP contribution in [0.4, 0.5) is 5.69 Å². The summed E-state index contributed by atoms with van der Waals surface area (Å²) in [4.78, 5) is 20.1. The highest BCUT2D eigenvalue weighted by Gasteiger charge is 2.09. The molecular formula is C9H7NO4S. The van der Waals surface area contributed by atoms with E-state index in [1.54, 1.807) is 0 Å². The van der Waals surface area contributed by atoms with Crippen LogP contribution >= 0.6 is 12.2 Å². The lowest BCUT2D eigenvalue weighted by atomic mass is 10.1. The number of rotatable bonds is 4. The Hall–Kier alpha value is -1.82. The van der Waals surface area contributed by atoms with Gasteiger partial charge >= 0.3 is 5.97 Å². The van der Waals surface area contributed by atoms with Crippen LogP contribution in [0.5, 0.6) is 0 Å². The van der Waals surface area contributed by atoms with E-state index in [1.807, 2.05) is 0 Å². The zero-order chi connectivity index (χ0) is 11.4. The summed E-state index contributed by atoms with van der Waals surface area (Å²) in [6.07, 6.45) is 0.114. The number of thiocarbonyl (C=S) groups is 1. The van der Waals surface area contributed by atoms with Crippen molar-refractivity contribution in [3.63, 3.8) is 0 Å². The number of aliphatic carboxylic acids is 1. The molecule has 0 saturated carbocycles. The van der Waals surface area contributed by atoms with Crippen molar-refractivity contribution in [2.75, 3.05) is 0 Å². The van der Waals surface area contributed by atoms with Crippen molar-refractivity contribution in [3.05, 3.63) is 39.9 Å². The lowest BCUT2D eigenvalue weighted by Gasteiger charge is -1.98. The molecule has 0 radical (unpaired) electrons. The summed E-state index contributed by atoms with van der Waals surface area (Å²) in [5.74, 6) is -1.14. The van der Waals surface area contributed by atoms with Gasteiger partial charge in [0.15, 0.2) is 0 Å². The number of benzene rings is 1. The molecule has 0 saturated heterocycles. The van der Waals surface area contributed by atoms with Crippen LogP contribution in [-0.4, -0.2) is 20.9 Å². The quantitative estimate of drug-likeness (QED) is 0.478. The molecule has 0 aromatic heterocycles. The van der Waals surface area contributed by atoms with E-state index in [4.69, 9.17) is 5.11 Å². The molecule has 5 nitrogen and oxygen atoms in total. The summed E-state index contributed by atoms with van der Waals surface area (Å²) in [6.45, 7) is 0. The maximum Gasteiger partial charge on any atom is 0.342 e. The van der Waals surface area contributed by atoms with Crippen molar-refractivity contribution in [1.82, 2.24) is 0 Å². The molecule has 0 spiro atoms. The van der Waals surface area contributed by atoms with Crippen LogP contribution in [0.25, 0.3) is 0 Å². The summed E-state index contributed by atoms with van der Waals surface area (Å²) in [6, 6.07) is 5.63. The predicted molar refractivity (Wildman–Crippen MR) is 57.0 cm³/mol. The summed E-state index contributed by atoms with van der Waals surface area (Å²) >= 11 is 4.61. The Kier molecular flexibility index (Phi) is 3.46. The van der Waals surface area contributed by atoms with Crippen LogP contribution in [0.2, 0.25) is 0 Å². The van der Waals surface area contributed by atoms with Crippen LogP contribution in [0.3, 0.4) is 0 Å². The van der Waals surface area contributed by atoms with Crippen LogP contribution in [0, 0.1) is 10.1 Å². The molecule has 0 amide bonds. The second-order valence-electron chi connectivity index (χ2n) is 2.83. The molecule has 0 unspecified atom stereocenters. The Balaban J connectivity index is 2.77. The number of hydrogen-bond donors (Lipinski definition) is 1. The Morgan fingerprint density at radius 2 is 1.93 bits per heavy atom. The molecular weight excluding hydrogens is 218 g/mol. The number of nitro benzene ring substituents is 1. The standard InChI is InChI=1S/C9H7NO4S/c11-9(12)8(15)5-6-1-3-7(4-2-6)10(13)14/h1-4H,5H2,(H,11,12). The third-order valence-corrected chi connectivity index (χ3v) is 2.07. The van der Waals surface area contributed by atoms with Crippen LogP contribution in [0.15, 0.2) is 24.3 Å². The average Bonchev–Trinajstić information content (AvgIpc) is 2.18. The third kappa shape index (κ3) is 3.10. The molecule has 0 fully saturated rings. The summed E-state index contributed by atoms with van der Waals surface area (Å²) in [5.41, 5.74) is 0.619. The lowest BCUT2D eigenvalue weighted by Crippen LogP contribution is -2.12. The van der Waals surface area contributed by atoms with Gasteiger partial charge in [0.1, 0.15) is 4.86 Å². The maximum absolute atomic E-state index is 10.4. The maximum atomic E-state index is 10.4. The predicted octanol–water partition coefficient (Wildman–Crippen LogP) is 1.59. The number of carboxylic acid groups (broad SMARTS) is 1. The van der Waals surface area contributed by atoms with Gasteiger partial charge in [-0.05, 0) is 5.56 Å². The first kappa shape index (κ1) is 11.3. The van der Waals surface area contributed by atoms with Gasteiger partial charge in [-0.15, -0.1) is 0 Å². The molecule has 78 valence electrons. The molecule has 0 aliphatic heterocycles. The number of carbonyl (C=O) groups is 1. The van der Waals surface area contributed by atoms with Gasteiger partial charge in [0.2, 0.25) is 0 Å². The van der Waals surface area contributed by atoms with E-state index in [-0.39, 0.29) is 17.0 Å². The molecule has 1 aromatic rings. The van der Waals surface area contributed by atoms with Crippen molar-refractivity contribution in [1.29, 1.82) is 0 Å². The van der Waals surface area contributed by atoms with Gasteiger partial charge in [0.25, 0.3) is 5.69 Å². The molecule has 0 heterocycles. The van der Waals surface area contributed by atoms with Gasteiger partial charge in [-0.3, -0.25) is 10.1 Å². The number of nitro groups is 1. The van der Waals surface area contributed by atoms with Crippen molar-refractivity contribution < 1.29 is 14.8 Å². The van der Waals surface area contributed by atoms with Gasteiger partial charge in [0, 0.05) is 18.6 Å². The molecule has 0 atom stereocenters. The fourth-order valence-corrected chi connectivity index (χ4v) is 1.16. The largest absolute Gasteiger partial charge is 0.477 e. The normalized spacial score (nSPS) is 9.60. The zero-order valence-electron chi connectivity index (χ0n) is 7.54. The molecule has 1 N–H and O–H groups in total. The Morgan fingerprint density at radius 1 is 1.40 bits per heavy atom. The van der Waals surface area contributed by atoms with Crippen LogP contribution in [-0.2, 0) is 11.2 Å². The van der Waals surface area contributed by atoms with Crippen molar-refractivity contribution in [2.24, 2.45) is 0 Å². The van der Waals surface area contributed by atoms with E-state index >= 15 is 0 Å². The first-order valence-electron chi connectivity index (χ1n) is 4.00. The Bertz CT molecular complexity index is 413. The van der Waals surface area contributed by atoms with Crippen molar-refractivity contribution in [3.8, 4) is 0 Å². The highest BCUT2D eigenvalue weighted by molar-refractivity contribution is 7.82. The van der Waals surface area contributed by atoms with E-state index in [0.717, 1.165) is 0 Å². The van der Waals surface area contributed by atoms with Gasteiger partial charge in [0.05, 0.1) is 4.92 Å². The average molecular weight is 225 g/mol. The smallest absolute Gasteiger partial charge is 0.342 e. The topological polar surface area (TPSA) is 80.4 Å². The van der Waals surface area contributed by atoms with E-state index in [0.29, 0.717) is 5.56 Å². The molecule has 0 bridgehead atoms. The molecule has 1 rings (SSSR count). The van der Waals surface area contributed by atoms with Crippen LogP contribution in [0.1, 0.15) is 5.56 Å². The lowest BCUT2D eigenvalue weighted by molar-refractivity contribution is -0.384. The number of non-ortho nitro benzene ring substituents is 1. The SMILES string of the molecule is O=C(O)C(=S)Cc1ccc([N+](=O)[O-])cc1. The highest BCUT2D eigenvalue weighted by Crippen LogP contribution is 2.12.